The van der Waals surface area contributed by atoms with Crippen LogP contribution in [0.5, 0.6) is 0 Å². The van der Waals surface area contributed by atoms with Crippen molar-refractivity contribution in [3.63, 3.8) is 0 Å². The zero-order valence-corrected chi connectivity index (χ0v) is 23.3. The summed E-state index contributed by atoms with van der Waals surface area (Å²) in [5.74, 6) is -4.84. The quantitative estimate of drug-likeness (QED) is 0.177. The summed E-state index contributed by atoms with van der Waals surface area (Å²) in [7, 11) is 0. The molecule has 0 aromatic heterocycles. The van der Waals surface area contributed by atoms with E-state index in [2.05, 4.69) is 5.32 Å². The van der Waals surface area contributed by atoms with Crippen molar-refractivity contribution in [2.45, 2.75) is 103 Å². The highest BCUT2D eigenvalue weighted by molar-refractivity contribution is 5.73. The number of aliphatic hydroxyl groups excluding tert-OH is 2. The summed E-state index contributed by atoms with van der Waals surface area (Å²) in [5.41, 5.74) is 0. The van der Waals surface area contributed by atoms with Gasteiger partial charge in [0.15, 0.2) is 37.0 Å². The molecule has 0 spiro atoms. The lowest BCUT2D eigenvalue weighted by atomic mass is 9.95. The summed E-state index contributed by atoms with van der Waals surface area (Å²) in [4.78, 5) is 71.4. The first-order valence-electron chi connectivity index (χ1n) is 12.5. The van der Waals surface area contributed by atoms with Gasteiger partial charge in [0.05, 0.1) is 6.61 Å². The first kappa shape index (κ1) is 33.8. The summed E-state index contributed by atoms with van der Waals surface area (Å²) in [6.07, 6.45) is -13.9. The van der Waals surface area contributed by atoms with E-state index in [1.807, 2.05) is 0 Å². The van der Waals surface area contributed by atoms with Crippen LogP contribution >= 0.6 is 0 Å². The van der Waals surface area contributed by atoms with Crippen molar-refractivity contribution >= 4 is 35.8 Å². The first-order valence-corrected chi connectivity index (χ1v) is 12.5. The SMILES string of the molecule is CC(=O)N[C@@H]1[C@@H](OC(C)=O)[C@H](O[C@@H]2O[C@H](COC(C)=O)[C@H](OC(C)=O)[C@H](OC(C)=O)[C@H]2OC(C)=O)[C@@H](CO)O[C@H]1O. The summed E-state index contributed by atoms with van der Waals surface area (Å²) in [6, 6.07) is -1.39. The van der Waals surface area contributed by atoms with Crippen molar-refractivity contribution in [2.75, 3.05) is 13.2 Å². The van der Waals surface area contributed by atoms with Crippen molar-refractivity contribution in [1.82, 2.24) is 5.32 Å². The number of nitrogens with one attached hydrogen (secondary N) is 1. The lowest BCUT2D eigenvalue weighted by molar-refractivity contribution is -0.347. The average Bonchev–Trinajstić information content (AvgIpc) is 2.83. The van der Waals surface area contributed by atoms with Gasteiger partial charge in [-0.2, -0.15) is 0 Å². The van der Waals surface area contributed by atoms with Gasteiger partial charge in [0.2, 0.25) is 5.91 Å². The summed E-state index contributed by atoms with van der Waals surface area (Å²) < 4.78 is 43.7. The number of carbonyl (C=O) groups is 6. The van der Waals surface area contributed by atoms with Crippen LogP contribution < -0.4 is 5.32 Å². The molecule has 10 atom stereocenters. The molecule has 0 bridgehead atoms. The molecule has 3 N–H and O–H groups in total. The van der Waals surface area contributed by atoms with E-state index >= 15 is 0 Å². The molecule has 0 radical (unpaired) electrons. The predicted molar refractivity (Wildman–Crippen MR) is 128 cm³/mol. The highest BCUT2D eigenvalue weighted by Crippen LogP contribution is 2.34. The maximum absolute atomic E-state index is 12.1. The molecule has 41 heavy (non-hydrogen) atoms. The Morgan fingerprint density at radius 1 is 0.659 bits per heavy atom. The van der Waals surface area contributed by atoms with Gasteiger partial charge in [-0.15, -0.1) is 0 Å². The molecule has 0 unspecified atom stereocenters. The molecule has 0 aromatic rings. The molecule has 17 nitrogen and oxygen atoms in total. The van der Waals surface area contributed by atoms with Gasteiger partial charge < -0.3 is 53.4 Å². The average molecular weight is 594 g/mol. The number of ether oxygens (including phenoxy) is 8. The molecule has 0 aliphatic carbocycles. The molecular formula is C24H35NO16. The van der Waals surface area contributed by atoms with Crippen LogP contribution in [0.15, 0.2) is 0 Å². The number of esters is 5. The van der Waals surface area contributed by atoms with Crippen molar-refractivity contribution in [2.24, 2.45) is 0 Å². The lowest BCUT2D eigenvalue weighted by Crippen LogP contribution is -2.68. The van der Waals surface area contributed by atoms with Gasteiger partial charge in [-0.3, -0.25) is 28.8 Å². The normalized spacial score (nSPS) is 33.1. The van der Waals surface area contributed by atoms with Crippen LogP contribution in [0, 0.1) is 0 Å². The second-order valence-electron chi connectivity index (χ2n) is 9.22. The Balaban J connectivity index is 2.60. The van der Waals surface area contributed by atoms with Gasteiger partial charge in [-0.1, -0.05) is 0 Å². The van der Waals surface area contributed by atoms with E-state index in [4.69, 9.17) is 37.9 Å². The molecule has 232 valence electrons. The smallest absolute Gasteiger partial charge is 0.303 e. The van der Waals surface area contributed by atoms with Crippen molar-refractivity contribution in [1.29, 1.82) is 0 Å². The van der Waals surface area contributed by atoms with E-state index in [1.54, 1.807) is 0 Å². The minimum Gasteiger partial charge on any atom is -0.463 e. The van der Waals surface area contributed by atoms with E-state index in [0.717, 1.165) is 41.5 Å². The molecule has 17 heteroatoms. The minimum absolute atomic E-state index is 0.539. The van der Waals surface area contributed by atoms with Gasteiger partial charge in [0.1, 0.15) is 31.0 Å². The van der Waals surface area contributed by atoms with Crippen LogP contribution in [0.1, 0.15) is 41.5 Å². The van der Waals surface area contributed by atoms with E-state index in [9.17, 15) is 39.0 Å². The Kier molecular flexibility index (Phi) is 12.4. The van der Waals surface area contributed by atoms with Crippen LogP contribution in [-0.4, -0.2) is 121 Å². The molecule has 2 aliphatic rings. The van der Waals surface area contributed by atoms with Crippen LogP contribution in [0.3, 0.4) is 0 Å². The standard InChI is InChI=1S/C24H35NO16/c1-9(27)25-17-20(36-12(4)30)18(15(7-26)39-23(17)33)41-24-22(38-14(6)32)21(37-13(5)31)19(35-11(3)29)16(40-24)8-34-10(2)28/h15-24,26,33H,7-8H2,1-6H3,(H,25,27)/t15-,16-,17-,18-,19+,20-,21+,22-,23-,24+/m1/s1. The zero-order chi connectivity index (χ0) is 31.0. The van der Waals surface area contributed by atoms with Crippen LogP contribution in [0.25, 0.3) is 0 Å². The topological polar surface area (TPSA) is 229 Å². The number of hydrogen-bond donors (Lipinski definition) is 3. The fourth-order valence-electron chi connectivity index (χ4n) is 4.40. The van der Waals surface area contributed by atoms with Gasteiger partial charge >= 0.3 is 29.8 Å². The number of aliphatic hydroxyl groups is 2. The second kappa shape index (κ2) is 15.0. The van der Waals surface area contributed by atoms with Crippen LogP contribution in [0.2, 0.25) is 0 Å². The summed E-state index contributed by atoms with van der Waals surface area (Å²) >= 11 is 0. The maximum atomic E-state index is 12.1. The first-order chi connectivity index (χ1) is 19.1. The number of amides is 1. The largest absolute Gasteiger partial charge is 0.463 e. The number of carbonyl (C=O) groups excluding carboxylic acids is 6. The Morgan fingerprint density at radius 2 is 1.17 bits per heavy atom. The zero-order valence-electron chi connectivity index (χ0n) is 23.3. The van der Waals surface area contributed by atoms with E-state index < -0.39 is 110 Å². The Labute approximate surface area is 234 Å². The molecular weight excluding hydrogens is 558 g/mol. The third-order valence-corrected chi connectivity index (χ3v) is 5.76. The molecule has 2 heterocycles. The maximum Gasteiger partial charge on any atom is 0.303 e. The molecule has 2 saturated heterocycles. The van der Waals surface area contributed by atoms with Crippen LogP contribution in [-0.2, 0) is 66.7 Å². The third kappa shape index (κ3) is 9.60. The molecule has 2 aliphatic heterocycles. The summed E-state index contributed by atoms with van der Waals surface area (Å²) in [6.45, 7) is 5.07. The monoisotopic (exact) mass is 593 g/mol. The van der Waals surface area contributed by atoms with Gasteiger partial charge in [-0.25, -0.2) is 0 Å². The second-order valence-corrected chi connectivity index (χ2v) is 9.22. The van der Waals surface area contributed by atoms with Crippen molar-refractivity contribution in [3.05, 3.63) is 0 Å². The molecule has 0 aromatic carbocycles. The minimum atomic E-state index is -1.75. The highest BCUT2D eigenvalue weighted by atomic mass is 16.8. The van der Waals surface area contributed by atoms with Crippen molar-refractivity contribution < 1.29 is 76.9 Å². The van der Waals surface area contributed by atoms with Crippen molar-refractivity contribution in [3.8, 4) is 0 Å². The number of hydrogen-bond acceptors (Lipinski definition) is 16. The Hall–Kier alpha value is -3.38. The predicted octanol–water partition coefficient (Wildman–Crippen LogP) is -2.40. The third-order valence-electron chi connectivity index (χ3n) is 5.76. The molecule has 2 fully saturated rings. The molecule has 2 rings (SSSR count). The van der Waals surface area contributed by atoms with E-state index in [0.29, 0.717) is 0 Å². The highest BCUT2D eigenvalue weighted by Gasteiger charge is 2.56. The van der Waals surface area contributed by atoms with Gasteiger partial charge in [-0.05, 0) is 0 Å². The molecule has 1 amide bonds. The van der Waals surface area contributed by atoms with E-state index in [-0.39, 0.29) is 0 Å². The van der Waals surface area contributed by atoms with Gasteiger partial charge in [0.25, 0.3) is 0 Å². The lowest BCUT2D eigenvalue weighted by Gasteiger charge is -2.48. The van der Waals surface area contributed by atoms with Crippen LogP contribution in [0.4, 0.5) is 0 Å². The van der Waals surface area contributed by atoms with Gasteiger partial charge in [0, 0.05) is 41.5 Å². The fourth-order valence-corrected chi connectivity index (χ4v) is 4.40. The Bertz CT molecular complexity index is 987. The Morgan fingerprint density at radius 3 is 1.66 bits per heavy atom. The molecule has 0 saturated carbocycles. The summed E-state index contributed by atoms with van der Waals surface area (Å²) in [5, 5.41) is 22.9. The number of rotatable bonds is 10. The van der Waals surface area contributed by atoms with E-state index in [1.165, 1.54) is 0 Å². The fraction of sp³-hybridized carbons (Fsp3) is 0.750.